The molecule has 0 aliphatic carbocycles. The lowest BCUT2D eigenvalue weighted by atomic mass is 10.2. The van der Waals surface area contributed by atoms with Crippen LogP contribution in [0.4, 0.5) is 0 Å². The van der Waals surface area contributed by atoms with Gasteiger partial charge in [-0.3, -0.25) is 0 Å². The first kappa shape index (κ1) is 11.7. The molecule has 2 aliphatic heterocycles. The van der Waals surface area contributed by atoms with Gasteiger partial charge in [0.05, 0.1) is 4.90 Å². The highest BCUT2D eigenvalue weighted by Crippen LogP contribution is 2.34. The maximum atomic E-state index is 12.4. The van der Waals surface area contributed by atoms with E-state index in [2.05, 4.69) is 11.9 Å². The number of hydrogen-bond acceptors (Lipinski definition) is 4. The van der Waals surface area contributed by atoms with Gasteiger partial charge < -0.3 is 9.80 Å². The zero-order chi connectivity index (χ0) is 12.8. The number of fused-ring (bicyclic) bond motifs is 1. The summed E-state index contributed by atoms with van der Waals surface area (Å²) >= 11 is 0. The van der Waals surface area contributed by atoms with Crippen molar-refractivity contribution in [1.82, 2.24) is 9.80 Å². The van der Waals surface area contributed by atoms with E-state index in [1.165, 1.54) is 0 Å². The minimum Gasteiger partial charge on any atom is -0.359 e. The van der Waals surface area contributed by atoms with Crippen LogP contribution in [0, 0.1) is 0 Å². The average Bonchev–Trinajstić information content (AvgIpc) is 2.63. The molecule has 1 aromatic rings. The highest BCUT2D eigenvalue weighted by atomic mass is 32.2. The molecule has 0 amide bonds. The van der Waals surface area contributed by atoms with Gasteiger partial charge in [0, 0.05) is 26.2 Å². The van der Waals surface area contributed by atoms with Crippen molar-refractivity contribution in [3.05, 3.63) is 34.9 Å². The van der Waals surface area contributed by atoms with Crippen molar-refractivity contribution in [2.45, 2.75) is 4.90 Å². The first-order valence-electron chi connectivity index (χ1n) is 6.08. The zero-order valence-electron chi connectivity index (χ0n) is 10.3. The molecule has 0 saturated carbocycles. The molecule has 4 nitrogen and oxygen atoms in total. The summed E-state index contributed by atoms with van der Waals surface area (Å²) in [5, 5.41) is 0.469. The Balaban J connectivity index is 1.96. The number of likely N-dealkylation sites (N-methyl/N-ethyl adjacent to an activating group) is 1. The first-order chi connectivity index (χ1) is 8.59. The zero-order valence-corrected chi connectivity index (χ0v) is 11.2. The Morgan fingerprint density at radius 1 is 1.06 bits per heavy atom. The van der Waals surface area contributed by atoms with Gasteiger partial charge in [-0.05, 0) is 24.8 Å². The monoisotopic (exact) mass is 264 g/mol. The summed E-state index contributed by atoms with van der Waals surface area (Å²) < 4.78 is 24.9. The van der Waals surface area contributed by atoms with E-state index in [1.807, 2.05) is 17.0 Å². The van der Waals surface area contributed by atoms with Crippen LogP contribution in [-0.2, 0) is 9.84 Å². The van der Waals surface area contributed by atoms with Crippen molar-refractivity contribution in [1.29, 1.82) is 0 Å². The summed E-state index contributed by atoms with van der Waals surface area (Å²) in [5.41, 5.74) is 0.812. The molecule has 0 atom stereocenters. The average molecular weight is 264 g/mol. The topological polar surface area (TPSA) is 40.6 Å². The Labute approximate surface area is 107 Å². The predicted molar refractivity (Wildman–Crippen MR) is 70.7 cm³/mol. The third kappa shape index (κ3) is 1.74. The van der Waals surface area contributed by atoms with Crippen LogP contribution in [0.15, 0.2) is 34.2 Å². The molecule has 96 valence electrons. The minimum atomic E-state index is -3.29. The van der Waals surface area contributed by atoms with Gasteiger partial charge in [0.25, 0.3) is 0 Å². The molecule has 18 heavy (non-hydrogen) atoms. The highest BCUT2D eigenvalue weighted by Gasteiger charge is 2.33. The molecule has 0 aromatic heterocycles. The Bertz CT molecular complexity index is 599. The number of piperazine rings is 1. The van der Waals surface area contributed by atoms with Crippen molar-refractivity contribution in [3.8, 4) is 0 Å². The van der Waals surface area contributed by atoms with E-state index in [0.717, 1.165) is 31.7 Å². The first-order valence-corrected chi connectivity index (χ1v) is 7.57. The number of benzene rings is 1. The lowest BCUT2D eigenvalue weighted by molar-refractivity contribution is 0.194. The van der Waals surface area contributed by atoms with Crippen molar-refractivity contribution in [2.75, 3.05) is 33.2 Å². The quantitative estimate of drug-likeness (QED) is 0.759. The van der Waals surface area contributed by atoms with Gasteiger partial charge in [-0.2, -0.15) is 0 Å². The summed E-state index contributed by atoms with van der Waals surface area (Å²) in [5.74, 6) is 0. The summed E-state index contributed by atoms with van der Waals surface area (Å²) in [6, 6.07) is 7.19. The van der Waals surface area contributed by atoms with Crippen molar-refractivity contribution >= 4 is 15.9 Å². The molecule has 3 rings (SSSR count). The molecule has 0 spiro atoms. The number of hydrogen-bond donors (Lipinski definition) is 0. The Morgan fingerprint density at radius 2 is 1.72 bits per heavy atom. The maximum absolute atomic E-state index is 12.4. The lowest BCUT2D eigenvalue weighted by Gasteiger charge is -2.34. The van der Waals surface area contributed by atoms with Crippen LogP contribution < -0.4 is 0 Å². The SMILES string of the molecule is CN1CCN(C2=Cc3ccccc3S2(=O)=O)CC1. The molecule has 0 N–H and O–H groups in total. The summed E-state index contributed by atoms with van der Waals surface area (Å²) in [4.78, 5) is 4.64. The van der Waals surface area contributed by atoms with E-state index in [0.29, 0.717) is 9.92 Å². The number of nitrogens with zero attached hydrogens (tertiary/aromatic N) is 2. The van der Waals surface area contributed by atoms with Crippen LogP contribution in [0.1, 0.15) is 5.56 Å². The highest BCUT2D eigenvalue weighted by molar-refractivity contribution is 7.95. The normalized spacial score (nSPS) is 22.7. The van der Waals surface area contributed by atoms with Crippen molar-refractivity contribution in [2.24, 2.45) is 0 Å². The molecule has 5 heteroatoms. The summed E-state index contributed by atoms with van der Waals surface area (Å²) in [7, 11) is -1.24. The molecule has 0 unspecified atom stereocenters. The third-order valence-corrected chi connectivity index (χ3v) is 5.46. The van der Waals surface area contributed by atoms with Gasteiger partial charge in [0.15, 0.2) is 0 Å². The molecular weight excluding hydrogens is 248 g/mol. The van der Waals surface area contributed by atoms with Crippen LogP contribution in [0.2, 0.25) is 0 Å². The van der Waals surface area contributed by atoms with E-state index in [9.17, 15) is 8.42 Å². The van der Waals surface area contributed by atoms with Crippen LogP contribution in [0.25, 0.3) is 6.08 Å². The predicted octanol–water partition coefficient (Wildman–Crippen LogP) is 1.02. The van der Waals surface area contributed by atoms with Crippen molar-refractivity contribution < 1.29 is 8.42 Å². The molecular formula is C13H16N2O2S. The van der Waals surface area contributed by atoms with E-state index in [4.69, 9.17) is 0 Å². The second-order valence-electron chi connectivity index (χ2n) is 4.81. The van der Waals surface area contributed by atoms with Crippen LogP contribution in [0.3, 0.4) is 0 Å². The van der Waals surface area contributed by atoms with Gasteiger partial charge in [0.2, 0.25) is 9.84 Å². The molecule has 1 saturated heterocycles. The smallest absolute Gasteiger partial charge is 0.222 e. The fourth-order valence-corrected chi connectivity index (χ4v) is 4.18. The summed E-state index contributed by atoms with van der Waals surface area (Å²) in [6.07, 6.45) is 1.80. The van der Waals surface area contributed by atoms with Crippen LogP contribution in [0.5, 0.6) is 0 Å². The molecule has 1 fully saturated rings. The van der Waals surface area contributed by atoms with Crippen molar-refractivity contribution in [3.63, 3.8) is 0 Å². The number of sulfone groups is 1. The Hall–Kier alpha value is -1.33. The fraction of sp³-hybridized carbons (Fsp3) is 0.385. The minimum absolute atomic E-state index is 0.443. The number of rotatable bonds is 1. The Kier molecular flexibility index (Phi) is 2.68. The third-order valence-electron chi connectivity index (χ3n) is 3.58. The van der Waals surface area contributed by atoms with E-state index in [1.54, 1.807) is 18.2 Å². The second kappa shape index (κ2) is 4.10. The van der Waals surface area contributed by atoms with Gasteiger partial charge in [-0.25, -0.2) is 8.42 Å². The van der Waals surface area contributed by atoms with Crippen LogP contribution in [-0.4, -0.2) is 51.4 Å². The molecule has 1 aromatic carbocycles. The second-order valence-corrected chi connectivity index (χ2v) is 6.68. The van der Waals surface area contributed by atoms with Gasteiger partial charge in [0.1, 0.15) is 5.03 Å². The lowest BCUT2D eigenvalue weighted by Crippen LogP contribution is -2.44. The van der Waals surface area contributed by atoms with Crippen LogP contribution >= 0.6 is 0 Å². The molecule has 0 radical (unpaired) electrons. The Morgan fingerprint density at radius 3 is 2.39 bits per heavy atom. The molecule has 2 heterocycles. The van der Waals surface area contributed by atoms with E-state index >= 15 is 0 Å². The summed E-state index contributed by atoms with van der Waals surface area (Å²) in [6.45, 7) is 3.36. The van der Waals surface area contributed by atoms with Gasteiger partial charge in [-0.15, -0.1) is 0 Å². The van der Waals surface area contributed by atoms with Gasteiger partial charge in [-0.1, -0.05) is 18.2 Å². The molecule has 2 aliphatic rings. The fourth-order valence-electron chi connectivity index (χ4n) is 2.46. The molecule has 0 bridgehead atoms. The van der Waals surface area contributed by atoms with E-state index in [-0.39, 0.29) is 0 Å². The largest absolute Gasteiger partial charge is 0.359 e. The van der Waals surface area contributed by atoms with Gasteiger partial charge >= 0.3 is 0 Å². The standard InChI is InChI=1S/C13H16N2O2S/c1-14-6-8-15(9-7-14)13-10-11-4-2-3-5-12(11)18(13,16)17/h2-5,10H,6-9H2,1H3. The van der Waals surface area contributed by atoms with E-state index < -0.39 is 9.84 Å². The maximum Gasteiger partial charge on any atom is 0.222 e.